The van der Waals surface area contributed by atoms with Gasteiger partial charge in [-0.1, -0.05) is 24.6 Å². The number of likely N-dealkylation sites (tertiary alicyclic amines) is 1. The second kappa shape index (κ2) is 8.77. The zero-order valence-electron chi connectivity index (χ0n) is 15.1. The van der Waals surface area contributed by atoms with Gasteiger partial charge in [-0.25, -0.2) is 4.79 Å². The summed E-state index contributed by atoms with van der Waals surface area (Å²) in [5.74, 6) is 0.781. The predicted octanol–water partition coefficient (Wildman–Crippen LogP) is 2.90. The first kappa shape index (κ1) is 18.3. The van der Waals surface area contributed by atoms with E-state index >= 15 is 0 Å². The Morgan fingerprint density at radius 2 is 2.04 bits per heavy atom. The molecule has 2 fully saturated rings. The summed E-state index contributed by atoms with van der Waals surface area (Å²) in [4.78, 5) is 19.0. The third-order valence-electron chi connectivity index (χ3n) is 5.19. The molecule has 0 aromatic heterocycles. The van der Waals surface area contributed by atoms with Crippen LogP contribution < -0.4 is 10.2 Å². The molecule has 5 nitrogen and oxygen atoms in total. The molecule has 1 unspecified atom stereocenters. The van der Waals surface area contributed by atoms with Gasteiger partial charge in [0, 0.05) is 56.5 Å². The Morgan fingerprint density at radius 1 is 1.24 bits per heavy atom. The van der Waals surface area contributed by atoms with Crippen molar-refractivity contribution in [2.45, 2.75) is 19.8 Å². The van der Waals surface area contributed by atoms with Crippen LogP contribution in [0.5, 0.6) is 0 Å². The number of carbonyl (C=O) groups is 1. The van der Waals surface area contributed by atoms with Crippen LogP contribution in [0.1, 0.15) is 19.8 Å². The van der Waals surface area contributed by atoms with Crippen molar-refractivity contribution in [2.75, 3.05) is 57.3 Å². The molecule has 2 aliphatic heterocycles. The fourth-order valence-electron chi connectivity index (χ4n) is 3.76. The minimum Gasteiger partial charge on any atom is -0.368 e. The number of halogens is 1. The predicted molar refractivity (Wildman–Crippen MR) is 103 cm³/mol. The maximum absolute atomic E-state index is 12.4. The topological polar surface area (TPSA) is 38.8 Å². The zero-order chi connectivity index (χ0) is 17.6. The molecular weight excluding hydrogens is 336 g/mol. The minimum atomic E-state index is 0.0656. The number of anilines is 1. The second-order valence-corrected chi connectivity index (χ2v) is 7.67. The summed E-state index contributed by atoms with van der Waals surface area (Å²) in [6.07, 6.45) is 2.61. The van der Waals surface area contributed by atoms with Gasteiger partial charge in [0.15, 0.2) is 0 Å². The van der Waals surface area contributed by atoms with Crippen molar-refractivity contribution in [2.24, 2.45) is 5.92 Å². The van der Waals surface area contributed by atoms with Gasteiger partial charge in [0.25, 0.3) is 0 Å². The molecule has 1 atom stereocenters. The summed E-state index contributed by atoms with van der Waals surface area (Å²) in [5.41, 5.74) is 1.13. The number of urea groups is 1. The van der Waals surface area contributed by atoms with Crippen molar-refractivity contribution in [3.63, 3.8) is 0 Å². The van der Waals surface area contributed by atoms with Gasteiger partial charge in [-0.05, 0) is 43.5 Å². The lowest BCUT2D eigenvalue weighted by atomic mass is 10.0. The molecule has 0 spiro atoms. The van der Waals surface area contributed by atoms with Gasteiger partial charge in [-0.2, -0.15) is 0 Å². The van der Waals surface area contributed by atoms with Crippen molar-refractivity contribution >= 4 is 23.3 Å². The van der Waals surface area contributed by atoms with E-state index < -0.39 is 0 Å². The number of piperazine rings is 1. The smallest absolute Gasteiger partial charge is 0.317 e. The van der Waals surface area contributed by atoms with Crippen molar-refractivity contribution in [1.29, 1.82) is 0 Å². The number of amides is 2. The van der Waals surface area contributed by atoms with Crippen LogP contribution in [0.2, 0.25) is 5.02 Å². The Labute approximate surface area is 155 Å². The van der Waals surface area contributed by atoms with E-state index in [0.717, 1.165) is 62.4 Å². The maximum Gasteiger partial charge on any atom is 0.317 e. The Morgan fingerprint density at radius 3 is 2.76 bits per heavy atom. The summed E-state index contributed by atoms with van der Waals surface area (Å²) in [7, 11) is 0. The van der Waals surface area contributed by atoms with Gasteiger partial charge < -0.3 is 20.0 Å². The number of piperidine rings is 1. The van der Waals surface area contributed by atoms with E-state index in [-0.39, 0.29) is 6.03 Å². The summed E-state index contributed by atoms with van der Waals surface area (Å²) in [5, 5.41) is 3.84. The quantitative estimate of drug-likeness (QED) is 0.892. The molecule has 1 N–H and O–H groups in total. The molecule has 0 bridgehead atoms. The Kier molecular flexibility index (Phi) is 6.43. The van der Waals surface area contributed by atoms with Crippen molar-refractivity contribution in [1.82, 2.24) is 15.1 Å². The Hall–Kier alpha value is -1.46. The summed E-state index contributed by atoms with van der Waals surface area (Å²) in [6, 6.07) is 7.98. The van der Waals surface area contributed by atoms with Gasteiger partial charge in [-0.15, -0.1) is 0 Å². The lowest BCUT2D eigenvalue weighted by molar-refractivity contribution is 0.175. The highest BCUT2D eigenvalue weighted by Crippen LogP contribution is 2.20. The van der Waals surface area contributed by atoms with Crippen LogP contribution in [-0.4, -0.2) is 68.2 Å². The van der Waals surface area contributed by atoms with Crippen LogP contribution in [0.15, 0.2) is 24.3 Å². The van der Waals surface area contributed by atoms with E-state index in [1.165, 1.54) is 19.4 Å². The maximum atomic E-state index is 12.4. The molecule has 1 aromatic carbocycles. The molecule has 2 saturated heterocycles. The molecule has 138 valence electrons. The average molecular weight is 365 g/mol. The van der Waals surface area contributed by atoms with Crippen LogP contribution >= 0.6 is 11.6 Å². The van der Waals surface area contributed by atoms with E-state index in [2.05, 4.69) is 28.1 Å². The molecule has 0 saturated carbocycles. The molecule has 2 heterocycles. The van der Waals surface area contributed by atoms with E-state index in [0.29, 0.717) is 0 Å². The molecule has 6 heteroatoms. The van der Waals surface area contributed by atoms with E-state index in [1.54, 1.807) is 0 Å². The van der Waals surface area contributed by atoms with Gasteiger partial charge in [-0.3, -0.25) is 0 Å². The summed E-state index contributed by atoms with van der Waals surface area (Å²) < 4.78 is 0. The first-order chi connectivity index (χ1) is 12.1. The average Bonchev–Trinajstić information content (AvgIpc) is 2.62. The summed E-state index contributed by atoms with van der Waals surface area (Å²) in [6.45, 7) is 9.52. The van der Waals surface area contributed by atoms with Crippen LogP contribution in [0, 0.1) is 5.92 Å². The number of nitrogens with one attached hydrogen (secondary N) is 1. The van der Waals surface area contributed by atoms with Crippen LogP contribution in [0.25, 0.3) is 0 Å². The highest BCUT2D eigenvalue weighted by atomic mass is 35.5. The molecule has 0 aliphatic carbocycles. The van der Waals surface area contributed by atoms with Crippen LogP contribution in [0.3, 0.4) is 0 Å². The highest BCUT2D eigenvalue weighted by molar-refractivity contribution is 6.30. The van der Waals surface area contributed by atoms with E-state index in [9.17, 15) is 4.79 Å². The van der Waals surface area contributed by atoms with E-state index in [1.807, 2.05) is 23.1 Å². The molecule has 25 heavy (non-hydrogen) atoms. The van der Waals surface area contributed by atoms with Gasteiger partial charge in [0.2, 0.25) is 0 Å². The number of carbonyl (C=O) groups excluding carboxylic acids is 1. The molecule has 2 amide bonds. The number of rotatable bonds is 4. The SMILES string of the molecule is CC1CCCN(CCNC(=O)N2CCN(c3cccc(Cl)c3)CC2)C1. The fraction of sp³-hybridized carbons (Fsp3) is 0.632. The minimum absolute atomic E-state index is 0.0656. The lowest BCUT2D eigenvalue weighted by Crippen LogP contribution is -2.52. The number of nitrogens with zero attached hydrogens (tertiary/aromatic N) is 3. The molecule has 3 rings (SSSR count). The molecule has 1 aromatic rings. The molecule has 2 aliphatic rings. The highest BCUT2D eigenvalue weighted by Gasteiger charge is 2.21. The number of hydrogen-bond donors (Lipinski definition) is 1. The lowest BCUT2D eigenvalue weighted by Gasteiger charge is -2.36. The summed E-state index contributed by atoms with van der Waals surface area (Å²) >= 11 is 6.07. The first-order valence-corrected chi connectivity index (χ1v) is 9.75. The molecular formula is C19H29ClN4O. The second-order valence-electron chi connectivity index (χ2n) is 7.23. The van der Waals surface area contributed by atoms with Crippen molar-refractivity contribution in [3.8, 4) is 0 Å². The largest absolute Gasteiger partial charge is 0.368 e. The monoisotopic (exact) mass is 364 g/mol. The van der Waals surface area contributed by atoms with Crippen LogP contribution in [0.4, 0.5) is 10.5 Å². The first-order valence-electron chi connectivity index (χ1n) is 9.37. The van der Waals surface area contributed by atoms with Gasteiger partial charge in [0.1, 0.15) is 0 Å². The Bertz CT molecular complexity index is 574. The standard InChI is InChI=1S/C19H29ClN4O/c1-16-4-3-8-22(15-16)9-7-21-19(25)24-12-10-23(11-13-24)18-6-2-5-17(20)14-18/h2,5-6,14,16H,3-4,7-13,15H2,1H3,(H,21,25). The third-order valence-corrected chi connectivity index (χ3v) is 5.42. The molecule has 0 radical (unpaired) electrons. The Balaban J connectivity index is 1.38. The number of benzene rings is 1. The van der Waals surface area contributed by atoms with Crippen molar-refractivity contribution < 1.29 is 4.79 Å². The van der Waals surface area contributed by atoms with E-state index in [4.69, 9.17) is 11.6 Å². The van der Waals surface area contributed by atoms with Crippen LogP contribution in [-0.2, 0) is 0 Å². The van der Waals surface area contributed by atoms with Crippen molar-refractivity contribution in [3.05, 3.63) is 29.3 Å². The van der Waals surface area contributed by atoms with Gasteiger partial charge >= 0.3 is 6.03 Å². The number of hydrogen-bond acceptors (Lipinski definition) is 3. The third kappa shape index (κ3) is 5.25. The van der Waals surface area contributed by atoms with Gasteiger partial charge in [0.05, 0.1) is 0 Å². The zero-order valence-corrected chi connectivity index (χ0v) is 15.8. The fourth-order valence-corrected chi connectivity index (χ4v) is 3.95. The normalized spacial score (nSPS) is 22.1.